The Balaban J connectivity index is 1.99. The van der Waals surface area contributed by atoms with Crippen molar-refractivity contribution in [1.29, 1.82) is 0 Å². The quantitative estimate of drug-likeness (QED) is 0.522. The van der Waals surface area contributed by atoms with Gasteiger partial charge in [-0.1, -0.05) is 12.2 Å². The largest absolute Gasteiger partial charge is 0.381 e. The van der Waals surface area contributed by atoms with Gasteiger partial charge in [-0.2, -0.15) is 0 Å². The molecule has 1 N–H and O–H groups in total. The van der Waals surface area contributed by atoms with Gasteiger partial charge >= 0.3 is 0 Å². The number of hydrogen-bond donors (Lipinski definition) is 1. The predicted molar refractivity (Wildman–Crippen MR) is 57.6 cm³/mol. The molecule has 0 aliphatic carbocycles. The minimum atomic E-state index is 0.0335. The van der Waals surface area contributed by atoms with E-state index in [2.05, 4.69) is 11.9 Å². The lowest BCUT2D eigenvalue weighted by Gasteiger charge is -2.09. The third-order valence-electron chi connectivity index (χ3n) is 2.19. The van der Waals surface area contributed by atoms with Gasteiger partial charge in [0.15, 0.2) is 0 Å². The SMILES string of the molecule is C=C(C)COCCNC(=O)C1CCOC1. The minimum Gasteiger partial charge on any atom is -0.381 e. The van der Waals surface area contributed by atoms with Crippen LogP contribution < -0.4 is 5.32 Å². The fourth-order valence-corrected chi connectivity index (χ4v) is 1.38. The maximum Gasteiger partial charge on any atom is 0.225 e. The fraction of sp³-hybridized carbons (Fsp3) is 0.727. The van der Waals surface area contributed by atoms with Crippen molar-refractivity contribution in [2.24, 2.45) is 5.92 Å². The van der Waals surface area contributed by atoms with Gasteiger partial charge in [-0.25, -0.2) is 0 Å². The smallest absolute Gasteiger partial charge is 0.225 e. The summed E-state index contributed by atoms with van der Waals surface area (Å²) in [7, 11) is 0. The van der Waals surface area contributed by atoms with Crippen molar-refractivity contribution < 1.29 is 14.3 Å². The summed E-state index contributed by atoms with van der Waals surface area (Å²) >= 11 is 0. The number of rotatable bonds is 6. The zero-order chi connectivity index (χ0) is 11.1. The summed E-state index contributed by atoms with van der Waals surface area (Å²) in [6.45, 7) is 8.54. The highest BCUT2D eigenvalue weighted by atomic mass is 16.5. The van der Waals surface area contributed by atoms with Crippen LogP contribution in [0, 0.1) is 5.92 Å². The van der Waals surface area contributed by atoms with Gasteiger partial charge in [0.1, 0.15) is 0 Å². The van der Waals surface area contributed by atoms with Crippen molar-refractivity contribution in [3.63, 3.8) is 0 Å². The molecule has 15 heavy (non-hydrogen) atoms. The average Bonchev–Trinajstić information content (AvgIpc) is 2.69. The second kappa shape index (κ2) is 6.58. The zero-order valence-corrected chi connectivity index (χ0v) is 9.25. The molecule has 1 saturated heterocycles. The maximum absolute atomic E-state index is 11.5. The fourth-order valence-electron chi connectivity index (χ4n) is 1.38. The standard InChI is InChI=1S/C11H19NO3/c1-9(2)7-15-6-4-12-11(13)10-3-5-14-8-10/h10H,1,3-8H2,2H3,(H,12,13). The molecule has 0 aromatic heterocycles. The van der Waals surface area contributed by atoms with Crippen LogP contribution in [0.5, 0.6) is 0 Å². The molecular formula is C11H19NO3. The molecule has 0 radical (unpaired) electrons. The topological polar surface area (TPSA) is 47.6 Å². The Morgan fingerprint density at radius 2 is 2.47 bits per heavy atom. The van der Waals surface area contributed by atoms with Gasteiger partial charge in [-0.3, -0.25) is 4.79 Å². The van der Waals surface area contributed by atoms with Crippen molar-refractivity contribution >= 4 is 5.91 Å². The Bertz CT molecular complexity index is 222. The van der Waals surface area contributed by atoms with E-state index in [0.717, 1.165) is 12.0 Å². The van der Waals surface area contributed by atoms with Crippen molar-refractivity contribution in [2.45, 2.75) is 13.3 Å². The monoisotopic (exact) mass is 213 g/mol. The summed E-state index contributed by atoms with van der Waals surface area (Å²) in [5.41, 5.74) is 0.991. The number of amides is 1. The summed E-state index contributed by atoms with van der Waals surface area (Å²) in [6.07, 6.45) is 0.832. The summed E-state index contributed by atoms with van der Waals surface area (Å²) in [6, 6.07) is 0. The second-order valence-corrected chi connectivity index (χ2v) is 3.86. The second-order valence-electron chi connectivity index (χ2n) is 3.86. The van der Waals surface area contributed by atoms with Crippen molar-refractivity contribution in [3.05, 3.63) is 12.2 Å². The first-order valence-corrected chi connectivity index (χ1v) is 5.27. The van der Waals surface area contributed by atoms with E-state index in [-0.39, 0.29) is 11.8 Å². The first kappa shape index (κ1) is 12.2. The number of ether oxygens (including phenoxy) is 2. The highest BCUT2D eigenvalue weighted by molar-refractivity contribution is 5.78. The Kier molecular flexibility index (Phi) is 5.36. The molecule has 1 aliphatic heterocycles. The number of hydrogen-bond acceptors (Lipinski definition) is 3. The Hall–Kier alpha value is -0.870. The Labute approximate surface area is 90.6 Å². The molecule has 86 valence electrons. The van der Waals surface area contributed by atoms with Crippen LogP contribution in [0.1, 0.15) is 13.3 Å². The van der Waals surface area contributed by atoms with Crippen LogP contribution in [0.2, 0.25) is 0 Å². The van der Waals surface area contributed by atoms with Crippen LogP contribution in [0.15, 0.2) is 12.2 Å². The molecule has 0 aromatic rings. The first-order valence-electron chi connectivity index (χ1n) is 5.27. The van der Waals surface area contributed by atoms with E-state index < -0.39 is 0 Å². The molecule has 1 aliphatic rings. The van der Waals surface area contributed by atoms with Gasteiger partial charge in [0, 0.05) is 13.2 Å². The normalized spacial score (nSPS) is 20.2. The minimum absolute atomic E-state index is 0.0335. The van der Waals surface area contributed by atoms with Crippen LogP contribution in [0.3, 0.4) is 0 Å². The molecule has 4 nitrogen and oxygen atoms in total. The molecule has 1 fully saturated rings. The lowest BCUT2D eigenvalue weighted by atomic mass is 10.1. The average molecular weight is 213 g/mol. The zero-order valence-electron chi connectivity index (χ0n) is 9.25. The molecule has 1 rings (SSSR count). The molecule has 1 atom stereocenters. The van der Waals surface area contributed by atoms with Crippen molar-refractivity contribution in [3.8, 4) is 0 Å². The molecule has 0 spiro atoms. The summed E-state index contributed by atoms with van der Waals surface area (Å²) in [5.74, 6) is 0.109. The maximum atomic E-state index is 11.5. The molecule has 1 heterocycles. The Morgan fingerprint density at radius 1 is 1.67 bits per heavy atom. The van der Waals surface area contributed by atoms with Crippen LogP contribution in [-0.2, 0) is 14.3 Å². The Morgan fingerprint density at radius 3 is 3.07 bits per heavy atom. The van der Waals surface area contributed by atoms with E-state index in [9.17, 15) is 4.79 Å². The molecule has 0 aromatic carbocycles. The lowest BCUT2D eigenvalue weighted by molar-refractivity contribution is -0.125. The van der Waals surface area contributed by atoms with E-state index in [1.807, 2.05) is 6.92 Å². The van der Waals surface area contributed by atoms with E-state index in [0.29, 0.717) is 33.0 Å². The van der Waals surface area contributed by atoms with Gasteiger partial charge in [0.2, 0.25) is 5.91 Å². The lowest BCUT2D eigenvalue weighted by Crippen LogP contribution is -2.33. The molecule has 4 heteroatoms. The number of carbonyl (C=O) groups is 1. The number of nitrogens with one attached hydrogen (secondary N) is 1. The van der Waals surface area contributed by atoms with Gasteiger partial charge in [-0.05, 0) is 13.3 Å². The van der Waals surface area contributed by atoms with Crippen LogP contribution in [0.25, 0.3) is 0 Å². The third kappa shape index (κ3) is 4.95. The van der Waals surface area contributed by atoms with E-state index in [4.69, 9.17) is 9.47 Å². The van der Waals surface area contributed by atoms with Crippen LogP contribution in [-0.4, -0.2) is 38.9 Å². The molecule has 1 amide bonds. The summed E-state index contributed by atoms with van der Waals surface area (Å²) in [4.78, 5) is 11.5. The van der Waals surface area contributed by atoms with Crippen LogP contribution in [0.4, 0.5) is 0 Å². The predicted octanol–water partition coefficient (Wildman–Crippen LogP) is 0.732. The van der Waals surface area contributed by atoms with Crippen LogP contribution >= 0.6 is 0 Å². The van der Waals surface area contributed by atoms with Crippen molar-refractivity contribution in [2.75, 3.05) is 33.0 Å². The molecular weight excluding hydrogens is 194 g/mol. The first-order chi connectivity index (χ1) is 7.20. The third-order valence-corrected chi connectivity index (χ3v) is 2.19. The molecule has 0 bridgehead atoms. The summed E-state index contributed by atoms with van der Waals surface area (Å²) in [5, 5.41) is 2.82. The highest BCUT2D eigenvalue weighted by Crippen LogP contribution is 2.11. The van der Waals surface area contributed by atoms with Gasteiger partial charge in [0.05, 0.1) is 25.7 Å². The van der Waals surface area contributed by atoms with Crippen molar-refractivity contribution in [1.82, 2.24) is 5.32 Å². The molecule has 0 saturated carbocycles. The summed E-state index contributed by atoms with van der Waals surface area (Å²) < 4.78 is 10.4. The molecule has 1 unspecified atom stereocenters. The number of carbonyl (C=O) groups excluding carboxylic acids is 1. The van der Waals surface area contributed by atoms with E-state index >= 15 is 0 Å². The highest BCUT2D eigenvalue weighted by Gasteiger charge is 2.22. The van der Waals surface area contributed by atoms with Gasteiger partial charge in [-0.15, -0.1) is 0 Å². The van der Waals surface area contributed by atoms with Gasteiger partial charge in [0.25, 0.3) is 0 Å². The van der Waals surface area contributed by atoms with Gasteiger partial charge < -0.3 is 14.8 Å². The van der Waals surface area contributed by atoms with E-state index in [1.165, 1.54) is 0 Å². The van der Waals surface area contributed by atoms with E-state index in [1.54, 1.807) is 0 Å².